The molecule has 3 heterocycles. The summed E-state index contributed by atoms with van der Waals surface area (Å²) in [5, 5.41) is 1.27. The van der Waals surface area contributed by atoms with Gasteiger partial charge >= 0.3 is 0 Å². The van der Waals surface area contributed by atoms with E-state index in [1.54, 1.807) is 0 Å². The zero-order valence-corrected chi connectivity index (χ0v) is 23.4. The van der Waals surface area contributed by atoms with Crippen molar-refractivity contribution in [1.29, 1.82) is 0 Å². The molecule has 5 aromatic carbocycles. The fraction of sp³-hybridized carbons (Fsp3) is 0.105. The highest BCUT2D eigenvalue weighted by molar-refractivity contribution is 7.00. The van der Waals surface area contributed by atoms with Gasteiger partial charge < -0.3 is 14.4 Å². The van der Waals surface area contributed by atoms with Crippen LogP contribution in [0.2, 0.25) is 0 Å². The average molecular weight is 539 g/mol. The first kappa shape index (κ1) is 23.7. The van der Waals surface area contributed by atoms with Crippen LogP contribution in [0.5, 0.6) is 0 Å². The summed E-state index contributed by atoms with van der Waals surface area (Å²) < 4.78 is 2.53. The summed E-state index contributed by atoms with van der Waals surface area (Å²) in [6.45, 7) is 0.0930. The maximum Gasteiger partial charge on any atom is 0.273 e. The molecule has 6 aromatic rings. The van der Waals surface area contributed by atoms with Crippen LogP contribution in [0.1, 0.15) is 25.7 Å². The van der Waals surface area contributed by atoms with Gasteiger partial charge in [-0.15, -0.1) is 0 Å². The van der Waals surface area contributed by atoms with Crippen molar-refractivity contribution >= 4 is 62.6 Å². The second-order valence-electron chi connectivity index (χ2n) is 11.6. The summed E-state index contributed by atoms with van der Waals surface area (Å²) in [4.78, 5) is 5.10. The normalized spacial score (nSPS) is 15.2. The molecule has 1 aromatic heterocycles. The minimum absolute atomic E-state index is 0.0930. The van der Waals surface area contributed by atoms with Gasteiger partial charge in [0.1, 0.15) is 0 Å². The van der Waals surface area contributed by atoms with Crippen LogP contribution in [-0.4, -0.2) is 11.3 Å². The van der Waals surface area contributed by atoms with Crippen molar-refractivity contribution < 1.29 is 0 Å². The van der Waals surface area contributed by atoms with Crippen molar-refractivity contribution in [3.05, 3.63) is 139 Å². The van der Waals surface area contributed by atoms with Crippen molar-refractivity contribution in [1.82, 2.24) is 4.57 Å². The molecule has 0 bridgehead atoms. The molecule has 0 atom stereocenters. The van der Waals surface area contributed by atoms with Crippen molar-refractivity contribution in [2.45, 2.75) is 25.7 Å². The molecular weight excluding hydrogens is 509 g/mol. The highest BCUT2D eigenvalue weighted by atomic mass is 15.2. The quantitative estimate of drug-likeness (QED) is 0.212. The van der Waals surface area contributed by atoms with Gasteiger partial charge in [-0.25, -0.2) is 0 Å². The third kappa shape index (κ3) is 3.29. The Morgan fingerprint density at radius 2 is 1.21 bits per heavy atom. The van der Waals surface area contributed by atoms with E-state index in [-0.39, 0.29) is 6.71 Å². The first-order valence-corrected chi connectivity index (χ1v) is 15.1. The Bertz CT molecular complexity index is 2010. The molecule has 0 radical (unpaired) electrons. The molecule has 9 rings (SSSR count). The van der Waals surface area contributed by atoms with E-state index < -0.39 is 0 Å². The average Bonchev–Trinajstić information content (AvgIpc) is 3.41. The Morgan fingerprint density at radius 1 is 0.548 bits per heavy atom. The Balaban J connectivity index is 1.45. The van der Waals surface area contributed by atoms with Crippen LogP contribution < -0.4 is 26.3 Å². The molecule has 4 heteroatoms. The van der Waals surface area contributed by atoms with Crippen molar-refractivity contribution in [3.63, 3.8) is 0 Å². The lowest BCUT2D eigenvalue weighted by molar-refractivity contribution is 0.691. The predicted molar refractivity (Wildman–Crippen MR) is 178 cm³/mol. The third-order valence-electron chi connectivity index (χ3n) is 9.28. The number of rotatable bonds is 3. The lowest BCUT2D eigenvalue weighted by atomic mass is 9.35. The molecule has 0 saturated carbocycles. The van der Waals surface area contributed by atoms with E-state index in [9.17, 15) is 0 Å². The Labute approximate surface area is 247 Å². The van der Waals surface area contributed by atoms with E-state index in [0.717, 1.165) is 12.8 Å². The second kappa shape index (κ2) is 9.29. The summed E-state index contributed by atoms with van der Waals surface area (Å²) in [7, 11) is 0. The standard InChI is InChI=1S/C38H30BN3/c1-4-15-27(16-5-1)40-33-24-13-11-22-31(33)39-36-34(40)25-14-26-35(36)41(28-17-6-2-7-18-28)37-30-21-10-12-23-32(30)42(38(37)39)29-19-8-3-9-20-29/h2-3,6-15,17-26H,1,4-5,16H2. The Hall–Kier alpha value is -4.96. The van der Waals surface area contributed by atoms with E-state index in [1.165, 1.54) is 80.1 Å². The van der Waals surface area contributed by atoms with Gasteiger partial charge in [0, 0.05) is 45.1 Å². The molecule has 1 aliphatic carbocycles. The maximum atomic E-state index is 2.58. The highest BCUT2D eigenvalue weighted by Crippen LogP contribution is 2.46. The van der Waals surface area contributed by atoms with Crippen LogP contribution in [0.15, 0.2) is 139 Å². The van der Waals surface area contributed by atoms with Gasteiger partial charge in [-0.1, -0.05) is 84.9 Å². The molecular formula is C38H30BN3. The van der Waals surface area contributed by atoms with Crippen LogP contribution in [-0.2, 0) is 0 Å². The van der Waals surface area contributed by atoms with Crippen LogP contribution in [0, 0.1) is 0 Å². The molecule has 2 aliphatic heterocycles. The second-order valence-corrected chi connectivity index (χ2v) is 11.6. The van der Waals surface area contributed by atoms with Crippen molar-refractivity contribution in [2.75, 3.05) is 9.80 Å². The third-order valence-corrected chi connectivity index (χ3v) is 9.28. The van der Waals surface area contributed by atoms with Gasteiger partial charge in [0.2, 0.25) is 0 Å². The minimum atomic E-state index is 0.0930. The molecule has 0 amide bonds. The number of anilines is 5. The fourth-order valence-electron chi connectivity index (χ4n) is 7.63. The van der Waals surface area contributed by atoms with Gasteiger partial charge in [-0.2, -0.15) is 0 Å². The Morgan fingerprint density at radius 3 is 2.00 bits per heavy atom. The number of allylic oxidation sites excluding steroid dienone is 2. The molecule has 3 nitrogen and oxygen atoms in total. The summed E-state index contributed by atoms with van der Waals surface area (Å²) in [6.07, 6.45) is 7.25. The SMILES string of the molecule is C1=C(N2c3ccccc3B3c4c2cccc4N(c2ccccc2)c2c3n(-c3ccccc3)c3ccccc23)CCCC1. The number of fused-ring (bicyclic) bond motifs is 6. The summed E-state index contributed by atoms with van der Waals surface area (Å²) in [5.41, 5.74) is 14.3. The van der Waals surface area contributed by atoms with E-state index >= 15 is 0 Å². The molecule has 0 N–H and O–H groups in total. The predicted octanol–water partition coefficient (Wildman–Crippen LogP) is 7.84. The molecule has 0 fully saturated rings. The summed E-state index contributed by atoms with van der Waals surface area (Å²) in [5.74, 6) is 0. The lowest BCUT2D eigenvalue weighted by Crippen LogP contribution is -2.63. The number of nitrogens with zero attached hydrogens (tertiary/aromatic N) is 3. The van der Waals surface area contributed by atoms with Crippen LogP contribution in [0.3, 0.4) is 0 Å². The molecule has 3 aliphatic rings. The van der Waals surface area contributed by atoms with Gasteiger partial charge in [0.15, 0.2) is 0 Å². The summed E-state index contributed by atoms with van der Waals surface area (Å²) >= 11 is 0. The molecule has 200 valence electrons. The zero-order chi connectivity index (χ0) is 27.6. The van der Waals surface area contributed by atoms with E-state index in [1.807, 2.05) is 0 Å². The number of hydrogen-bond acceptors (Lipinski definition) is 2. The van der Waals surface area contributed by atoms with E-state index in [4.69, 9.17) is 0 Å². The first-order valence-electron chi connectivity index (χ1n) is 15.1. The minimum Gasteiger partial charge on any atom is -0.319 e. The smallest absolute Gasteiger partial charge is 0.273 e. The highest BCUT2D eigenvalue weighted by Gasteiger charge is 2.46. The van der Waals surface area contributed by atoms with Gasteiger partial charge in [0.05, 0.1) is 11.2 Å². The van der Waals surface area contributed by atoms with Crippen molar-refractivity contribution in [2.24, 2.45) is 0 Å². The number of hydrogen-bond donors (Lipinski definition) is 0. The van der Waals surface area contributed by atoms with E-state index in [0.29, 0.717) is 0 Å². The van der Waals surface area contributed by atoms with Gasteiger partial charge in [-0.3, -0.25) is 0 Å². The molecule has 0 saturated heterocycles. The topological polar surface area (TPSA) is 11.4 Å². The Kier molecular flexibility index (Phi) is 5.24. The first-order chi connectivity index (χ1) is 20.9. The van der Waals surface area contributed by atoms with Crippen LogP contribution in [0.25, 0.3) is 16.6 Å². The van der Waals surface area contributed by atoms with Crippen LogP contribution in [0.4, 0.5) is 28.4 Å². The molecule has 42 heavy (non-hydrogen) atoms. The summed E-state index contributed by atoms with van der Waals surface area (Å²) in [6, 6.07) is 46.8. The molecule has 0 unspecified atom stereocenters. The monoisotopic (exact) mass is 539 g/mol. The van der Waals surface area contributed by atoms with Gasteiger partial charge in [-0.05, 0) is 85.1 Å². The fourth-order valence-corrected chi connectivity index (χ4v) is 7.63. The largest absolute Gasteiger partial charge is 0.319 e. The zero-order valence-electron chi connectivity index (χ0n) is 23.4. The molecule has 0 spiro atoms. The van der Waals surface area contributed by atoms with Crippen molar-refractivity contribution in [3.8, 4) is 5.69 Å². The van der Waals surface area contributed by atoms with E-state index in [2.05, 4.69) is 148 Å². The van der Waals surface area contributed by atoms with Gasteiger partial charge in [0.25, 0.3) is 6.71 Å². The lowest BCUT2D eigenvalue weighted by Gasteiger charge is -2.44. The number of benzene rings is 5. The number of aromatic nitrogens is 1. The maximum absolute atomic E-state index is 2.58. The number of para-hydroxylation sites is 4. The van der Waals surface area contributed by atoms with Crippen LogP contribution >= 0.6 is 0 Å².